The molecule has 1 atom stereocenters. The van der Waals surface area contributed by atoms with Crippen LogP contribution in [0.5, 0.6) is 5.75 Å². The summed E-state index contributed by atoms with van der Waals surface area (Å²) in [6.45, 7) is 2.60. The molecule has 0 spiro atoms. The maximum atomic E-state index is 13.8. The van der Waals surface area contributed by atoms with E-state index in [4.69, 9.17) is 15.2 Å². The molecule has 1 aromatic carbocycles. The molecule has 0 radical (unpaired) electrons. The second kappa shape index (κ2) is 5.55. The van der Waals surface area contributed by atoms with Crippen LogP contribution in [-0.2, 0) is 14.8 Å². The minimum absolute atomic E-state index is 0.0491. The molecule has 6 nitrogen and oxygen atoms in total. The largest absolute Gasteiger partial charge is 0.492 e. The van der Waals surface area contributed by atoms with Crippen molar-refractivity contribution in [3.63, 3.8) is 0 Å². The molecule has 112 valence electrons. The smallest absolute Gasteiger partial charge is 0.243 e. The van der Waals surface area contributed by atoms with Gasteiger partial charge in [0.15, 0.2) is 11.6 Å². The first-order valence-electron chi connectivity index (χ1n) is 6.10. The fourth-order valence-corrected chi connectivity index (χ4v) is 3.81. The maximum absolute atomic E-state index is 13.8. The molecular weight excluding hydrogens is 287 g/mol. The van der Waals surface area contributed by atoms with Crippen molar-refractivity contribution in [2.75, 3.05) is 32.6 Å². The number of hydrogen-bond donors (Lipinski definition) is 1. The van der Waals surface area contributed by atoms with Crippen LogP contribution in [0.25, 0.3) is 0 Å². The summed E-state index contributed by atoms with van der Waals surface area (Å²) in [6, 6.07) is 1.83. The summed E-state index contributed by atoms with van der Waals surface area (Å²) in [6.07, 6.45) is 0. The van der Waals surface area contributed by atoms with Crippen molar-refractivity contribution in [1.82, 2.24) is 4.31 Å². The van der Waals surface area contributed by atoms with Crippen LogP contribution in [0, 0.1) is 5.82 Å². The first-order valence-corrected chi connectivity index (χ1v) is 7.54. The van der Waals surface area contributed by atoms with Crippen molar-refractivity contribution in [2.45, 2.75) is 17.9 Å². The molecule has 0 aromatic heterocycles. The molecule has 0 saturated carbocycles. The third-order valence-corrected chi connectivity index (χ3v) is 5.15. The molecule has 1 unspecified atom stereocenters. The molecule has 1 heterocycles. The van der Waals surface area contributed by atoms with Crippen molar-refractivity contribution in [2.24, 2.45) is 0 Å². The van der Waals surface area contributed by atoms with E-state index in [1.54, 1.807) is 6.92 Å². The highest BCUT2D eigenvalue weighted by atomic mass is 32.2. The first-order chi connectivity index (χ1) is 9.37. The normalized spacial score (nSPS) is 20.9. The van der Waals surface area contributed by atoms with E-state index < -0.39 is 15.8 Å². The highest BCUT2D eigenvalue weighted by Crippen LogP contribution is 2.30. The van der Waals surface area contributed by atoms with Crippen LogP contribution in [0.1, 0.15) is 6.92 Å². The molecule has 2 N–H and O–H groups in total. The third-order valence-electron chi connectivity index (χ3n) is 3.16. The lowest BCUT2D eigenvalue weighted by molar-refractivity contribution is 0.0392. The van der Waals surface area contributed by atoms with Crippen LogP contribution in [0.15, 0.2) is 17.0 Å². The van der Waals surface area contributed by atoms with Crippen LogP contribution in [0.4, 0.5) is 10.1 Å². The number of anilines is 1. The Morgan fingerprint density at radius 1 is 1.50 bits per heavy atom. The van der Waals surface area contributed by atoms with Crippen molar-refractivity contribution >= 4 is 15.7 Å². The summed E-state index contributed by atoms with van der Waals surface area (Å²) >= 11 is 0. The van der Waals surface area contributed by atoms with Gasteiger partial charge in [0.05, 0.1) is 30.9 Å². The summed E-state index contributed by atoms with van der Waals surface area (Å²) in [7, 11) is -2.53. The summed E-state index contributed by atoms with van der Waals surface area (Å²) in [5.74, 6) is -0.953. The van der Waals surface area contributed by atoms with E-state index >= 15 is 0 Å². The van der Waals surface area contributed by atoms with E-state index in [-0.39, 0.29) is 28.9 Å². The van der Waals surface area contributed by atoms with Crippen LogP contribution in [0.3, 0.4) is 0 Å². The molecule has 1 fully saturated rings. The van der Waals surface area contributed by atoms with Gasteiger partial charge in [-0.1, -0.05) is 0 Å². The van der Waals surface area contributed by atoms with E-state index in [0.717, 1.165) is 6.07 Å². The molecule has 20 heavy (non-hydrogen) atoms. The van der Waals surface area contributed by atoms with E-state index in [2.05, 4.69) is 0 Å². The Morgan fingerprint density at radius 3 is 2.75 bits per heavy atom. The van der Waals surface area contributed by atoms with E-state index in [1.807, 2.05) is 0 Å². The van der Waals surface area contributed by atoms with Crippen molar-refractivity contribution in [3.8, 4) is 5.75 Å². The van der Waals surface area contributed by atoms with Crippen molar-refractivity contribution in [1.29, 1.82) is 0 Å². The topological polar surface area (TPSA) is 81.9 Å². The summed E-state index contributed by atoms with van der Waals surface area (Å²) < 4.78 is 50.1. The Bertz CT molecular complexity index is 582. The van der Waals surface area contributed by atoms with E-state index in [0.29, 0.717) is 13.2 Å². The van der Waals surface area contributed by atoms with Gasteiger partial charge in [0.1, 0.15) is 0 Å². The zero-order valence-electron chi connectivity index (χ0n) is 11.3. The van der Waals surface area contributed by atoms with Crippen molar-refractivity contribution in [3.05, 3.63) is 17.9 Å². The molecule has 0 amide bonds. The lowest BCUT2D eigenvalue weighted by Crippen LogP contribution is -2.46. The van der Waals surface area contributed by atoms with Crippen LogP contribution < -0.4 is 10.5 Å². The fourth-order valence-electron chi connectivity index (χ4n) is 2.16. The van der Waals surface area contributed by atoms with Gasteiger partial charge in [-0.25, -0.2) is 12.8 Å². The summed E-state index contributed by atoms with van der Waals surface area (Å²) in [5.41, 5.74) is 5.57. The predicted octanol–water partition coefficient (Wildman–Crippen LogP) is 0.826. The highest BCUT2D eigenvalue weighted by Gasteiger charge is 2.32. The Kier molecular flexibility index (Phi) is 4.17. The monoisotopic (exact) mass is 304 g/mol. The number of hydrogen-bond acceptors (Lipinski definition) is 5. The lowest BCUT2D eigenvalue weighted by Gasteiger charge is -2.32. The summed E-state index contributed by atoms with van der Waals surface area (Å²) in [4.78, 5) is -0.179. The minimum Gasteiger partial charge on any atom is -0.492 e. The van der Waals surface area contributed by atoms with Gasteiger partial charge in [-0.15, -0.1) is 0 Å². The van der Waals surface area contributed by atoms with Gasteiger partial charge in [-0.05, 0) is 19.1 Å². The Labute approximate surface area is 117 Å². The Hall–Kier alpha value is -1.38. The minimum atomic E-state index is -3.80. The third kappa shape index (κ3) is 2.58. The number of rotatable bonds is 3. The number of benzene rings is 1. The molecule has 0 bridgehead atoms. The molecule has 8 heteroatoms. The molecule has 2 rings (SSSR count). The lowest BCUT2D eigenvalue weighted by atomic mass is 10.3. The van der Waals surface area contributed by atoms with Gasteiger partial charge in [-0.2, -0.15) is 4.31 Å². The number of nitrogens with two attached hydrogens (primary N) is 1. The Balaban J connectivity index is 2.44. The predicted molar refractivity (Wildman–Crippen MR) is 71.5 cm³/mol. The standard InChI is InChI=1S/C12H17FN2O4S/c1-8-7-19-4-3-15(8)20(16,17)9-5-10(13)12(18-2)11(14)6-9/h5-6,8H,3-4,7,14H2,1-2H3. The molecule has 1 aliphatic heterocycles. The van der Waals surface area contributed by atoms with Gasteiger partial charge < -0.3 is 15.2 Å². The number of methoxy groups -OCH3 is 1. The van der Waals surface area contributed by atoms with Gasteiger partial charge in [-0.3, -0.25) is 0 Å². The number of ether oxygens (including phenoxy) is 2. The van der Waals surface area contributed by atoms with Gasteiger partial charge in [0.25, 0.3) is 0 Å². The zero-order chi connectivity index (χ0) is 14.9. The van der Waals surface area contributed by atoms with Crippen LogP contribution >= 0.6 is 0 Å². The quantitative estimate of drug-likeness (QED) is 0.836. The average molecular weight is 304 g/mol. The number of sulfonamides is 1. The molecule has 0 aliphatic carbocycles. The SMILES string of the molecule is COc1c(N)cc(S(=O)(=O)N2CCOCC2C)cc1F. The summed E-state index contributed by atoms with van der Waals surface area (Å²) in [5, 5.41) is 0. The molecule has 1 aromatic rings. The second-order valence-electron chi connectivity index (χ2n) is 4.57. The van der Waals surface area contributed by atoms with Gasteiger partial charge in [0.2, 0.25) is 10.0 Å². The number of morpholine rings is 1. The zero-order valence-corrected chi connectivity index (χ0v) is 12.1. The van der Waals surface area contributed by atoms with Gasteiger partial charge >= 0.3 is 0 Å². The number of nitrogens with zero attached hydrogens (tertiary/aromatic N) is 1. The number of nitrogen functional groups attached to an aromatic ring is 1. The molecule has 1 saturated heterocycles. The number of halogens is 1. The van der Waals surface area contributed by atoms with E-state index in [1.165, 1.54) is 17.5 Å². The molecule has 1 aliphatic rings. The average Bonchev–Trinajstić information content (AvgIpc) is 2.38. The van der Waals surface area contributed by atoms with Crippen LogP contribution in [0.2, 0.25) is 0 Å². The van der Waals surface area contributed by atoms with E-state index in [9.17, 15) is 12.8 Å². The van der Waals surface area contributed by atoms with Crippen LogP contribution in [-0.4, -0.2) is 45.6 Å². The van der Waals surface area contributed by atoms with Crippen molar-refractivity contribution < 1.29 is 22.3 Å². The van der Waals surface area contributed by atoms with Gasteiger partial charge in [0, 0.05) is 12.6 Å². The maximum Gasteiger partial charge on any atom is 0.243 e. The Morgan fingerprint density at radius 2 is 2.20 bits per heavy atom. The fraction of sp³-hybridized carbons (Fsp3) is 0.500. The highest BCUT2D eigenvalue weighted by molar-refractivity contribution is 7.89. The second-order valence-corrected chi connectivity index (χ2v) is 6.46. The molecular formula is C12H17FN2O4S. The first kappa shape index (κ1) is 15.0.